The monoisotopic (exact) mass is 393 g/mol. The fraction of sp³-hybridized carbons (Fsp3) is 0.348. The summed E-state index contributed by atoms with van der Waals surface area (Å²) in [6.45, 7) is 4.53. The lowest BCUT2D eigenvalue weighted by molar-refractivity contribution is -0.139. The predicted molar refractivity (Wildman–Crippen MR) is 111 cm³/mol. The maximum atomic E-state index is 13.3. The lowest BCUT2D eigenvalue weighted by atomic mass is 9.85. The number of nitrogens with one attached hydrogen (secondary N) is 1. The first kappa shape index (κ1) is 20.6. The van der Waals surface area contributed by atoms with Gasteiger partial charge in [0, 0.05) is 13.1 Å². The molecular formula is C23H27N3O3. The van der Waals surface area contributed by atoms with Crippen LogP contribution < -0.4 is 5.32 Å². The Morgan fingerprint density at radius 2 is 1.62 bits per heavy atom. The van der Waals surface area contributed by atoms with Crippen molar-refractivity contribution in [1.82, 2.24) is 15.1 Å². The summed E-state index contributed by atoms with van der Waals surface area (Å²) in [5, 5.41) is 2.86. The van der Waals surface area contributed by atoms with Gasteiger partial charge >= 0.3 is 6.03 Å². The molecule has 0 aliphatic carbocycles. The van der Waals surface area contributed by atoms with E-state index in [1.165, 1.54) is 0 Å². The summed E-state index contributed by atoms with van der Waals surface area (Å²) >= 11 is 0. The number of carbonyl (C=O) groups excluding carboxylic acids is 3. The minimum Gasteiger partial charge on any atom is -0.337 e. The van der Waals surface area contributed by atoms with Gasteiger partial charge in [-0.1, -0.05) is 74.0 Å². The molecular weight excluding hydrogens is 366 g/mol. The SMILES string of the molecule is CCCC1(c2ccccc2)NC(=O)N(CC(=O)N(CC)Cc2ccccc2)C1=O. The minimum atomic E-state index is -1.11. The molecule has 3 rings (SSSR count). The fourth-order valence-electron chi connectivity index (χ4n) is 3.79. The van der Waals surface area contributed by atoms with Crippen molar-refractivity contribution < 1.29 is 14.4 Å². The summed E-state index contributed by atoms with van der Waals surface area (Å²) < 4.78 is 0. The molecule has 29 heavy (non-hydrogen) atoms. The largest absolute Gasteiger partial charge is 0.337 e. The summed E-state index contributed by atoms with van der Waals surface area (Å²) in [6.07, 6.45) is 1.20. The number of carbonyl (C=O) groups is 3. The molecule has 1 aliphatic heterocycles. The summed E-state index contributed by atoms with van der Waals surface area (Å²) in [6, 6.07) is 18.4. The highest BCUT2D eigenvalue weighted by Gasteiger charge is 2.52. The highest BCUT2D eigenvalue weighted by atomic mass is 16.2. The summed E-state index contributed by atoms with van der Waals surface area (Å²) in [4.78, 5) is 41.6. The first-order valence-electron chi connectivity index (χ1n) is 10.0. The second kappa shape index (κ2) is 8.90. The van der Waals surface area contributed by atoms with Gasteiger partial charge < -0.3 is 10.2 Å². The van der Waals surface area contributed by atoms with Crippen molar-refractivity contribution in [3.8, 4) is 0 Å². The van der Waals surface area contributed by atoms with Gasteiger partial charge in [0.05, 0.1) is 0 Å². The molecule has 0 spiro atoms. The van der Waals surface area contributed by atoms with E-state index < -0.39 is 11.6 Å². The van der Waals surface area contributed by atoms with Crippen LogP contribution in [-0.4, -0.2) is 40.7 Å². The van der Waals surface area contributed by atoms with Crippen molar-refractivity contribution in [2.75, 3.05) is 13.1 Å². The zero-order valence-corrected chi connectivity index (χ0v) is 16.9. The summed E-state index contributed by atoms with van der Waals surface area (Å²) in [5.74, 6) is -0.611. The minimum absolute atomic E-state index is 0.250. The van der Waals surface area contributed by atoms with Crippen LogP contribution in [0.2, 0.25) is 0 Å². The molecule has 1 unspecified atom stereocenters. The Bertz CT molecular complexity index is 869. The quantitative estimate of drug-likeness (QED) is 0.700. The molecule has 1 aliphatic rings. The fourth-order valence-corrected chi connectivity index (χ4v) is 3.79. The lowest BCUT2D eigenvalue weighted by Gasteiger charge is -2.27. The van der Waals surface area contributed by atoms with E-state index in [1.54, 1.807) is 4.90 Å². The van der Waals surface area contributed by atoms with E-state index in [0.717, 1.165) is 22.4 Å². The number of benzene rings is 2. The van der Waals surface area contributed by atoms with Gasteiger partial charge in [-0.2, -0.15) is 0 Å². The van der Waals surface area contributed by atoms with E-state index in [-0.39, 0.29) is 18.4 Å². The van der Waals surface area contributed by atoms with Gasteiger partial charge in [0.25, 0.3) is 5.91 Å². The van der Waals surface area contributed by atoms with Crippen LogP contribution in [0.4, 0.5) is 4.79 Å². The molecule has 1 atom stereocenters. The maximum absolute atomic E-state index is 13.3. The van der Waals surface area contributed by atoms with Crippen LogP contribution in [0.15, 0.2) is 60.7 Å². The van der Waals surface area contributed by atoms with Crippen molar-refractivity contribution in [2.45, 2.75) is 38.8 Å². The Morgan fingerprint density at radius 3 is 2.21 bits per heavy atom. The number of imide groups is 1. The molecule has 2 aromatic rings. The van der Waals surface area contributed by atoms with Crippen LogP contribution in [0.3, 0.4) is 0 Å². The van der Waals surface area contributed by atoms with E-state index in [0.29, 0.717) is 19.5 Å². The van der Waals surface area contributed by atoms with Gasteiger partial charge in [0.2, 0.25) is 5.91 Å². The van der Waals surface area contributed by atoms with Gasteiger partial charge in [-0.15, -0.1) is 0 Å². The van der Waals surface area contributed by atoms with Crippen molar-refractivity contribution in [3.05, 3.63) is 71.8 Å². The van der Waals surface area contributed by atoms with Crippen molar-refractivity contribution >= 4 is 17.8 Å². The van der Waals surface area contributed by atoms with Gasteiger partial charge in [-0.25, -0.2) is 4.79 Å². The molecule has 4 amide bonds. The average molecular weight is 393 g/mol. The number of nitrogens with zero attached hydrogens (tertiary/aromatic N) is 2. The van der Waals surface area contributed by atoms with Gasteiger partial charge in [0.1, 0.15) is 12.1 Å². The Balaban J connectivity index is 1.79. The number of amides is 4. The van der Waals surface area contributed by atoms with E-state index in [9.17, 15) is 14.4 Å². The highest BCUT2D eigenvalue weighted by Crippen LogP contribution is 2.33. The number of hydrogen-bond acceptors (Lipinski definition) is 3. The molecule has 0 aromatic heterocycles. The van der Waals surface area contributed by atoms with E-state index in [4.69, 9.17) is 0 Å². The van der Waals surface area contributed by atoms with Crippen LogP contribution in [0.5, 0.6) is 0 Å². The third-order valence-corrected chi connectivity index (χ3v) is 5.31. The number of likely N-dealkylation sites (N-methyl/N-ethyl adjacent to an activating group) is 1. The molecule has 0 radical (unpaired) electrons. The third-order valence-electron chi connectivity index (χ3n) is 5.31. The highest BCUT2D eigenvalue weighted by molar-refractivity contribution is 6.09. The van der Waals surface area contributed by atoms with Crippen LogP contribution in [-0.2, 0) is 21.7 Å². The second-order valence-corrected chi connectivity index (χ2v) is 7.24. The molecule has 1 fully saturated rings. The van der Waals surface area contributed by atoms with Crippen LogP contribution in [0, 0.1) is 0 Å². The smallest absolute Gasteiger partial charge is 0.325 e. The predicted octanol–water partition coefficient (Wildman–Crippen LogP) is 3.28. The Kier molecular flexibility index (Phi) is 6.32. The average Bonchev–Trinajstić information content (AvgIpc) is 2.98. The lowest BCUT2D eigenvalue weighted by Crippen LogP contribution is -2.45. The van der Waals surface area contributed by atoms with Crippen molar-refractivity contribution in [1.29, 1.82) is 0 Å². The number of hydrogen-bond donors (Lipinski definition) is 1. The van der Waals surface area contributed by atoms with Crippen LogP contribution in [0.1, 0.15) is 37.8 Å². The second-order valence-electron chi connectivity index (χ2n) is 7.24. The zero-order valence-electron chi connectivity index (χ0n) is 16.9. The molecule has 1 N–H and O–H groups in total. The molecule has 2 aromatic carbocycles. The first-order chi connectivity index (χ1) is 14.0. The Morgan fingerprint density at radius 1 is 1.00 bits per heavy atom. The zero-order chi connectivity index (χ0) is 20.9. The number of urea groups is 1. The Labute approximate surface area is 171 Å². The van der Waals surface area contributed by atoms with Crippen molar-refractivity contribution in [2.24, 2.45) is 0 Å². The molecule has 6 heteroatoms. The molecule has 152 valence electrons. The molecule has 1 heterocycles. The maximum Gasteiger partial charge on any atom is 0.325 e. The van der Waals surface area contributed by atoms with E-state index in [1.807, 2.05) is 74.5 Å². The van der Waals surface area contributed by atoms with E-state index in [2.05, 4.69) is 5.32 Å². The topological polar surface area (TPSA) is 69.7 Å². The summed E-state index contributed by atoms with van der Waals surface area (Å²) in [7, 11) is 0. The van der Waals surface area contributed by atoms with E-state index >= 15 is 0 Å². The third kappa shape index (κ3) is 4.16. The van der Waals surface area contributed by atoms with Crippen LogP contribution >= 0.6 is 0 Å². The molecule has 6 nitrogen and oxygen atoms in total. The van der Waals surface area contributed by atoms with Gasteiger partial charge in [0.15, 0.2) is 0 Å². The van der Waals surface area contributed by atoms with Gasteiger partial charge in [-0.3, -0.25) is 14.5 Å². The van der Waals surface area contributed by atoms with Crippen molar-refractivity contribution in [3.63, 3.8) is 0 Å². The first-order valence-corrected chi connectivity index (χ1v) is 10.0. The molecule has 0 bridgehead atoms. The molecule has 1 saturated heterocycles. The number of rotatable bonds is 8. The Hall–Kier alpha value is -3.15. The standard InChI is InChI=1S/C23H27N3O3/c1-3-15-23(19-13-9-6-10-14-19)21(28)26(22(29)24-23)17-20(27)25(4-2)16-18-11-7-5-8-12-18/h5-14H,3-4,15-17H2,1-2H3,(H,24,29). The summed E-state index contributed by atoms with van der Waals surface area (Å²) in [5.41, 5.74) is 0.639. The van der Waals surface area contributed by atoms with Crippen LogP contribution in [0.25, 0.3) is 0 Å². The normalized spacial score (nSPS) is 18.6. The molecule has 0 saturated carbocycles. The van der Waals surface area contributed by atoms with Gasteiger partial charge in [-0.05, 0) is 24.5 Å².